The highest BCUT2D eigenvalue weighted by atomic mass is 19.1. The fourth-order valence-corrected chi connectivity index (χ4v) is 8.07. The molecule has 4 aliphatic carbocycles. The molecule has 0 radical (unpaired) electrons. The predicted octanol–water partition coefficient (Wildman–Crippen LogP) is 3.64. The van der Waals surface area contributed by atoms with Gasteiger partial charge < -0.3 is 14.9 Å². The molecule has 188 valence electrons. The lowest BCUT2D eigenvalue weighted by Crippen LogP contribution is -2.70. The van der Waals surface area contributed by atoms with E-state index in [1.54, 1.807) is 13.0 Å². The monoisotopic (exact) mass is 476 g/mol. The van der Waals surface area contributed by atoms with Crippen LogP contribution in [0.3, 0.4) is 0 Å². The molecule has 0 aromatic heterocycles. The first-order valence-electron chi connectivity index (χ1n) is 12.6. The number of aliphatic hydroxyl groups excluding tert-OH is 2. The summed E-state index contributed by atoms with van der Waals surface area (Å²) in [5.74, 6) is -2.62. The molecule has 0 saturated heterocycles. The largest absolute Gasteiger partial charge is 0.450 e. The number of rotatable bonds is 6. The summed E-state index contributed by atoms with van der Waals surface area (Å²) >= 11 is 0. The normalized spacial score (nSPS) is 45.1. The van der Waals surface area contributed by atoms with Crippen molar-refractivity contribution >= 4 is 17.5 Å². The Morgan fingerprint density at radius 3 is 2.62 bits per heavy atom. The Labute approximate surface area is 200 Å². The number of ether oxygens (including phenoxy) is 1. The number of aliphatic hydroxyl groups is 2. The fourth-order valence-electron chi connectivity index (χ4n) is 8.07. The van der Waals surface area contributed by atoms with Crippen LogP contribution in [-0.4, -0.2) is 51.7 Å². The summed E-state index contributed by atoms with van der Waals surface area (Å²) in [6, 6.07) is 0. The summed E-state index contributed by atoms with van der Waals surface area (Å²) < 4.78 is 23.3. The number of hydrogen-bond acceptors (Lipinski definition) is 6. The molecule has 4 rings (SSSR count). The number of alkyl halides is 1. The zero-order chi connectivity index (χ0) is 25.1. The number of halogens is 1. The first kappa shape index (κ1) is 25.2. The van der Waals surface area contributed by atoms with E-state index in [4.69, 9.17) is 4.74 Å². The van der Waals surface area contributed by atoms with Crippen molar-refractivity contribution in [3.8, 4) is 0 Å². The van der Waals surface area contributed by atoms with Crippen molar-refractivity contribution in [2.75, 3.05) is 6.61 Å². The average Bonchev–Trinajstić information content (AvgIpc) is 3.00. The van der Waals surface area contributed by atoms with Gasteiger partial charge in [-0.05, 0) is 57.1 Å². The van der Waals surface area contributed by atoms with Gasteiger partial charge in [0.05, 0.1) is 6.10 Å². The lowest BCUT2D eigenvalue weighted by molar-refractivity contribution is -0.228. The highest BCUT2D eigenvalue weighted by Crippen LogP contribution is 2.71. The SMILES string of the molecule is CCCCC(=O)O[C@]1(C(=O)CO)[C@H](C)C[C@H]2[C@@H]3CCC4=CC(=O)C=C[C@]4(C)[C@@]3(F)[C@H](O)C[C@@]21C. The lowest BCUT2D eigenvalue weighted by atomic mass is 9.44. The summed E-state index contributed by atoms with van der Waals surface area (Å²) in [6.07, 6.45) is 5.92. The van der Waals surface area contributed by atoms with Gasteiger partial charge in [0.1, 0.15) is 6.61 Å². The number of ketones is 2. The van der Waals surface area contributed by atoms with E-state index in [-0.39, 0.29) is 24.5 Å². The Kier molecular flexibility index (Phi) is 6.21. The number of unbranched alkanes of at least 4 members (excludes halogenated alkanes) is 1. The molecule has 0 heterocycles. The van der Waals surface area contributed by atoms with Gasteiger partial charge in [-0.2, -0.15) is 0 Å². The molecule has 8 atom stereocenters. The molecule has 3 saturated carbocycles. The lowest BCUT2D eigenvalue weighted by Gasteiger charge is -2.62. The Morgan fingerprint density at radius 2 is 1.97 bits per heavy atom. The summed E-state index contributed by atoms with van der Waals surface area (Å²) in [5.41, 5.74) is -5.11. The average molecular weight is 477 g/mol. The van der Waals surface area contributed by atoms with Crippen LogP contribution in [0.5, 0.6) is 0 Å². The number of Topliss-reactive ketones (excluding diaryl/α,β-unsaturated/α-hetero) is 1. The van der Waals surface area contributed by atoms with Gasteiger partial charge in [0.25, 0.3) is 0 Å². The number of esters is 1. The van der Waals surface area contributed by atoms with E-state index in [1.807, 2.05) is 20.8 Å². The van der Waals surface area contributed by atoms with Crippen LogP contribution < -0.4 is 0 Å². The minimum Gasteiger partial charge on any atom is -0.450 e. The highest BCUT2D eigenvalue weighted by Gasteiger charge is 2.77. The van der Waals surface area contributed by atoms with Gasteiger partial charge in [0, 0.05) is 29.1 Å². The molecular formula is C27H37FO6. The third-order valence-electron chi connectivity index (χ3n) is 9.75. The van der Waals surface area contributed by atoms with E-state index in [9.17, 15) is 24.6 Å². The maximum atomic E-state index is 17.3. The maximum Gasteiger partial charge on any atom is 0.306 e. The Morgan fingerprint density at radius 1 is 1.26 bits per heavy atom. The smallest absolute Gasteiger partial charge is 0.306 e. The Balaban J connectivity index is 1.80. The number of hydrogen-bond donors (Lipinski definition) is 2. The van der Waals surface area contributed by atoms with E-state index in [0.29, 0.717) is 31.3 Å². The quantitative estimate of drug-likeness (QED) is 0.568. The first-order valence-corrected chi connectivity index (χ1v) is 12.6. The zero-order valence-corrected chi connectivity index (χ0v) is 20.6. The van der Waals surface area contributed by atoms with Crippen LogP contribution in [0, 0.1) is 28.6 Å². The molecule has 3 fully saturated rings. The van der Waals surface area contributed by atoms with Crippen molar-refractivity contribution in [2.24, 2.45) is 28.6 Å². The first-order chi connectivity index (χ1) is 15.9. The number of fused-ring (bicyclic) bond motifs is 5. The molecular weight excluding hydrogens is 439 g/mol. The second kappa shape index (κ2) is 8.37. The topological polar surface area (TPSA) is 101 Å². The van der Waals surface area contributed by atoms with E-state index in [1.165, 1.54) is 12.2 Å². The molecule has 4 aliphatic rings. The second-order valence-electron chi connectivity index (χ2n) is 11.3. The van der Waals surface area contributed by atoms with E-state index in [0.717, 1.165) is 6.42 Å². The van der Waals surface area contributed by atoms with E-state index >= 15 is 4.39 Å². The molecule has 0 aromatic rings. The highest BCUT2D eigenvalue weighted by molar-refractivity contribution is 6.01. The molecule has 6 nitrogen and oxygen atoms in total. The third-order valence-corrected chi connectivity index (χ3v) is 9.75. The summed E-state index contributed by atoms with van der Waals surface area (Å²) in [7, 11) is 0. The third kappa shape index (κ3) is 3.08. The van der Waals surface area contributed by atoms with Crippen molar-refractivity contribution in [2.45, 2.75) is 90.0 Å². The van der Waals surface area contributed by atoms with Crippen molar-refractivity contribution < 1.29 is 33.7 Å². The van der Waals surface area contributed by atoms with Crippen LogP contribution in [-0.2, 0) is 19.1 Å². The number of allylic oxidation sites excluding steroid dienone is 4. The number of carbonyl (C=O) groups excluding carboxylic acids is 3. The van der Waals surface area contributed by atoms with Crippen molar-refractivity contribution in [3.05, 3.63) is 23.8 Å². The molecule has 0 aromatic carbocycles. The molecule has 0 bridgehead atoms. The second-order valence-corrected chi connectivity index (χ2v) is 11.3. The van der Waals surface area contributed by atoms with Gasteiger partial charge in [-0.3, -0.25) is 14.4 Å². The minimum absolute atomic E-state index is 0.0769. The van der Waals surface area contributed by atoms with Crippen LogP contribution >= 0.6 is 0 Å². The fraction of sp³-hybridized carbons (Fsp3) is 0.741. The van der Waals surface area contributed by atoms with Crippen molar-refractivity contribution in [3.63, 3.8) is 0 Å². The Hall–Kier alpha value is -1.86. The number of carbonyl (C=O) groups is 3. The Bertz CT molecular complexity index is 957. The molecule has 34 heavy (non-hydrogen) atoms. The van der Waals surface area contributed by atoms with Gasteiger partial charge >= 0.3 is 5.97 Å². The van der Waals surface area contributed by atoms with Crippen LogP contribution in [0.1, 0.15) is 72.6 Å². The molecule has 2 N–H and O–H groups in total. The van der Waals surface area contributed by atoms with Gasteiger partial charge in [-0.25, -0.2) is 4.39 Å². The van der Waals surface area contributed by atoms with Crippen LogP contribution in [0.2, 0.25) is 0 Å². The standard InChI is InChI=1S/C27H37FO6/c1-5-6-7-23(33)34-27(22(32)15-29)16(2)12-20-19-9-8-17-13-18(30)10-11-24(17,3)26(19,28)21(31)14-25(20,27)4/h10-11,13,16,19-21,29,31H,5-9,12,14-15H2,1-4H3/t16-,19+,20+,21-,24+,25+,26+,27+/m1/s1. The van der Waals surface area contributed by atoms with Crippen molar-refractivity contribution in [1.82, 2.24) is 0 Å². The summed E-state index contributed by atoms with van der Waals surface area (Å²) in [6.45, 7) is 6.55. The zero-order valence-electron chi connectivity index (χ0n) is 20.6. The maximum absolute atomic E-state index is 17.3. The van der Waals surface area contributed by atoms with Gasteiger partial charge in [0.15, 0.2) is 17.1 Å². The molecule has 7 heteroatoms. The molecule has 0 aliphatic heterocycles. The van der Waals surface area contributed by atoms with Crippen LogP contribution in [0.4, 0.5) is 4.39 Å². The summed E-state index contributed by atoms with van der Waals surface area (Å²) in [5, 5.41) is 21.4. The minimum atomic E-state index is -2.03. The van der Waals surface area contributed by atoms with Gasteiger partial charge in [-0.15, -0.1) is 0 Å². The van der Waals surface area contributed by atoms with Gasteiger partial charge in [0.2, 0.25) is 5.78 Å². The molecule has 0 spiro atoms. The molecule has 0 amide bonds. The van der Waals surface area contributed by atoms with Crippen LogP contribution in [0.25, 0.3) is 0 Å². The summed E-state index contributed by atoms with van der Waals surface area (Å²) in [4.78, 5) is 38.1. The van der Waals surface area contributed by atoms with E-state index < -0.39 is 58.4 Å². The van der Waals surface area contributed by atoms with E-state index in [2.05, 4.69) is 0 Å². The molecule has 0 unspecified atom stereocenters. The predicted molar refractivity (Wildman–Crippen MR) is 123 cm³/mol. The van der Waals surface area contributed by atoms with Gasteiger partial charge in [-0.1, -0.05) is 38.8 Å². The van der Waals surface area contributed by atoms with Crippen molar-refractivity contribution in [1.29, 1.82) is 0 Å². The van der Waals surface area contributed by atoms with Crippen LogP contribution in [0.15, 0.2) is 23.8 Å².